The molecule has 1 atom stereocenters. The quantitative estimate of drug-likeness (QED) is 0.581. The van der Waals surface area contributed by atoms with Gasteiger partial charge in [0.2, 0.25) is 0 Å². The van der Waals surface area contributed by atoms with Crippen LogP contribution < -0.4 is 14.4 Å². The number of piperidine rings is 1. The van der Waals surface area contributed by atoms with E-state index >= 15 is 0 Å². The van der Waals surface area contributed by atoms with Gasteiger partial charge >= 0.3 is 12.1 Å². The first-order chi connectivity index (χ1) is 15.8. The van der Waals surface area contributed by atoms with Crippen molar-refractivity contribution in [3.05, 3.63) is 47.5 Å². The molecule has 1 fully saturated rings. The number of hydrogen-bond donors (Lipinski definition) is 2. The van der Waals surface area contributed by atoms with Gasteiger partial charge in [0.1, 0.15) is 10.6 Å². The maximum atomic E-state index is 13.4. The largest absolute Gasteiger partial charge is 0.495 e. The average molecular weight is 503 g/mol. The van der Waals surface area contributed by atoms with Crippen LogP contribution in [0, 0.1) is 0 Å². The molecule has 12 heteroatoms. The molecule has 0 aromatic heterocycles. The van der Waals surface area contributed by atoms with Crippen molar-refractivity contribution in [2.45, 2.75) is 36.4 Å². The van der Waals surface area contributed by atoms with Gasteiger partial charge in [-0.2, -0.15) is 13.2 Å². The number of aliphatic hydroxyl groups is 1. The normalized spacial score (nSPS) is 19.0. The van der Waals surface area contributed by atoms with E-state index in [9.17, 15) is 31.5 Å². The predicted octanol–water partition coefficient (Wildman–Crippen LogP) is 3.65. The standard InChI is InChI=1S/C22H25F3N2O6S/c1-21(29)9-4-10-27(13-21)17-7-6-15(22(23,24)25)12-16(17)26-34(30,31)19-11-14(20(28)33-3)5-8-18(19)32-2/h5-8,11-12,26,29H,4,9-10,13H2,1-3H3. The molecule has 0 amide bonds. The van der Waals surface area contributed by atoms with Gasteiger partial charge in [-0.3, -0.25) is 4.72 Å². The molecule has 1 aliphatic rings. The number of alkyl halides is 3. The summed E-state index contributed by atoms with van der Waals surface area (Å²) in [5.74, 6) is -0.913. The number of halogens is 3. The number of methoxy groups -OCH3 is 2. The summed E-state index contributed by atoms with van der Waals surface area (Å²) in [6, 6.07) is 6.29. The highest BCUT2D eigenvalue weighted by molar-refractivity contribution is 7.92. The van der Waals surface area contributed by atoms with E-state index in [0.717, 1.165) is 19.2 Å². The minimum absolute atomic E-state index is 0.0833. The van der Waals surface area contributed by atoms with Crippen LogP contribution in [0.5, 0.6) is 5.75 Å². The maximum Gasteiger partial charge on any atom is 0.416 e. The molecular weight excluding hydrogens is 477 g/mol. The van der Waals surface area contributed by atoms with Gasteiger partial charge in [0, 0.05) is 13.1 Å². The van der Waals surface area contributed by atoms with Crippen molar-refractivity contribution >= 4 is 27.4 Å². The van der Waals surface area contributed by atoms with Crippen molar-refractivity contribution in [3.63, 3.8) is 0 Å². The van der Waals surface area contributed by atoms with Crippen LogP contribution in [0.4, 0.5) is 24.5 Å². The number of benzene rings is 2. The van der Waals surface area contributed by atoms with E-state index in [1.807, 2.05) is 0 Å². The van der Waals surface area contributed by atoms with Crippen LogP contribution >= 0.6 is 0 Å². The van der Waals surface area contributed by atoms with Crippen LogP contribution in [0.1, 0.15) is 35.7 Å². The van der Waals surface area contributed by atoms with Crippen LogP contribution in [0.15, 0.2) is 41.3 Å². The zero-order valence-electron chi connectivity index (χ0n) is 18.8. The zero-order chi connectivity index (χ0) is 25.3. The molecule has 1 heterocycles. The fourth-order valence-electron chi connectivity index (χ4n) is 3.83. The number of rotatable bonds is 6. The highest BCUT2D eigenvalue weighted by Gasteiger charge is 2.34. The topological polar surface area (TPSA) is 105 Å². The fraction of sp³-hybridized carbons (Fsp3) is 0.409. The monoisotopic (exact) mass is 502 g/mol. The minimum Gasteiger partial charge on any atom is -0.495 e. The number of carbonyl (C=O) groups excluding carboxylic acids is 1. The molecule has 3 rings (SSSR count). The molecule has 0 bridgehead atoms. The van der Waals surface area contributed by atoms with Crippen molar-refractivity contribution in [1.82, 2.24) is 0 Å². The Labute approximate surface area is 195 Å². The molecule has 1 unspecified atom stereocenters. The summed E-state index contributed by atoms with van der Waals surface area (Å²) in [5, 5.41) is 10.4. The summed E-state index contributed by atoms with van der Waals surface area (Å²) in [6.07, 6.45) is -3.65. The molecule has 1 aliphatic heterocycles. The molecule has 8 nitrogen and oxygen atoms in total. The van der Waals surface area contributed by atoms with Gasteiger partial charge in [-0.1, -0.05) is 0 Å². The fourth-order valence-corrected chi connectivity index (χ4v) is 5.09. The minimum atomic E-state index is -4.71. The first kappa shape index (κ1) is 25.6. The Hall–Kier alpha value is -2.99. The molecule has 0 aliphatic carbocycles. The second kappa shape index (κ2) is 9.34. The molecular formula is C22H25F3N2O6S. The Morgan fingerprint density at radius 1 is 1.18 bits per heavy atom. The maximum absolute atomic E-state index is 13.4. The number of nitrogens with zero attached hydrogens (tertiary/aromatic N) is 1. The van der Waals surface area contributed by atoms with Crippen molar-refractivity contribution in [2.24, 2.45) is 0 Å². The van der Waals surface area contributed by atoms with E-state index in [1.54, 1.807) is 11.8 Å². The molecule has 2 N–H and O–H groups in total. The van der Waals surface area contributed by atoms with E-state index in [-0.39, 0.29) is 29.2 Å². The summed E-state index contributed by atoms with van der Waals surface area (Å²) >= 11 is 0. The van der Waals surface area contributed by atoms with Gasteiger partial charge in [-0.05, 0) is 56.2 Å². The average Bonchev–Trinajstić information content (AvgIpc) is 2.76. The van der Waals surface area contributed by atoms with E-state index in [4.69, 9.17) is 4.74 Å². The molecule has 1 saturated heterocycles. The van der Waals surface area contributed by atoms with E-state index in [0.29, 0.717) is 25.5 Å². The van der Waals surface area contributed by atoms with Crippen LogP contribution in [0.2, 0.25) is 0 Å². The Balaban J connectivity index is 2.10. The molecule has 0 radical (unpaired) electrons. The van der Waals surface area contributed by atoms with Gasteiger partial charge in [0.15, 0.2) is 0 Å². The lowest BCUT2D eigenvalue weighted by Gasteiger charge is -2.39. The van der Waals surface area contributed by atoms with Gasteiger partial charge in [0.25, 0.3) is 10.0 Å². The van der Waals surface area contributed by atoms with E-state index in [2.05, 4.69) is 9.46 Å². The number of esters is 1. The third kappa shape index (κ3) is 5.55. The number of anilines is 2. The van der Waals surface area contributed by atoms with Crippen molar-refractivity contribution in [2.75, 3.05) is 36.9 Å². The molecule has 2 aromatic rings. The van der Waals surface area contributed by atoms with Crippen molar-refractivity contribution in [1.29, 1.82) is 0 Å². The lowest BCUT2D eigenvalue weighted by Crippen LogP contribution is -2.46. The third-order valence-corrected chi connectivity index (χ3v) is 6.84. The SMILES string of the molecule is COC(=O)c1ccc(OC)c(S(=O)(=O)Nc2cc(C(F)(F)F)ccc2N2CCCC(C)(O)C2)c1. The number of hydrogen-bond acceptors (Lipinski definition) is 7. The smallest absolute Gasteiger partial charge is 0.416 e. The van der Waals surface area contributed by atoms with E-state index < -0.39 is 38.2 Å². The highest BCUT2D eigenvalue weighted by atomic mass is 32.2. The number of carbonyl (C=O) groups is 1. The number of sulfonamides is 1. The Kier molecular flexibility index (Phi) is 7.04. The van der Waals surface area contributed by atoms with Crippen molar-refractivity contribution in [3.8, 4) is 5.75 Å². The molecule has 0 saturated carbocycles. The van der Waals surface area contributed by atoms with Gasteiger partial charge in [0.05, 0.1) is 42.3 Å². The second-order valence-electron chi connectivity index (χ2n) is 8.21. The Morgan fingerprint density at radius 3 is 2.47 bits per heavy atom. The van der Waals surface area contributed by atoms with Gasteiger partial charge in [-0.25, -0.2) is 13.2 Å². The third-order valence-electron chi connectivity index (χ3n) is 5.46. The first-order valence-electron chi connectivity index (χ1n) is 10.3. The van der Waals surface area contributed by atoms with E-state index in [1.165, 1.54) is 25.3 Å². The van der Waals surface area contributed by atoms with Crippen LogP contribution in [-0.4, -0.2) is 52.4 Å². The molecule has 34 heavy (non-hydrogen) atoms. The zero-order valence-corrected chi connectivity index (χ0v) is 19.6. The molecule has 0 spiro atoms. The van der Waals surface area contributed by atoms with Crippen LogP contribution in [-0.2, 0) is 20.9 Å². The van der Waals surface area contributed by atoms with Crippen LogP contribution in [0.3, 0.4) is 0 Å². The lowest BCUT2D eigenvalue weighted by molar-refractivity contribution is -0.137. The predicted molar refractivity (Wildman–Crippen MR) is 119 cm³/mol. The highest BCUT2D eigenvalue weighted by Crippen LogP contribution is 2.39. The number of ether oxygens (including phenoxy) is 2. The summed E-state index contributed by atoms with van der Waals surface area (Å²) in [6.45, 7) is 2.13. The summed E-state index contributed by atoms with van der Waals surface area (Å²) in [5.41, 5.74) is -2.36. The molecule has 2 aromatic carbocycles. The Bertz CT molecular complexity index is 1180. The van der Waals surface area contributed by atoms with Gasteiger partial charge in [-0.15, -0.1) is 0 Å². The van der Waals surface area contributed by atoms with Crippen LogP contribution in [0.25, 0.3) is 0 Å². The number of nitrogens with one attached hydrogen (secondary N) is 1. The second-order valence-corrected chi connectivity index (χ2v) is 9.87. The summed E-state index contributed by atoms with van der Waals surface area (Å²) in [4.78, 5) is 13.1. The number of β-amino-alcohol motifs (C(OH)–C–C–N with tert-alkyl or cyclic N) is 1. The summed E-state index contributed by atoms with van der Waals surface area (Å²) < 4.78 is 78.7. The lowest BCUT2D eigenvalue weighted by atomic mass is 9.94. The van der Waals surface area contributed by atoms with Gasteiger partial charge < -0.3 is 19.5 Å². The summed E-state index contributed by atoms with van der Waals surface area (Å²) in [7, 11) is -2.17. The molecule has 186 valence electrons. The Morgan fingerprint density at radius 2 is 1.88 bits per heavy atom. The first-order valence-corrected chi connectivity index (χ1v) is 11.7. The van der Waals surface area contributed by atoms with Crippen molar-refractivity contribution < 1.29 is 41.0 Å².